The lowest BCUT2D eigenvalue weighted by Crippen LogP contribution is -2.49. The van der Waals surface area contributed by atoms with Crippen molar-refractivity contribution in [2.75, 3.05) is 39.2 Å². The molecular formula is C31H38F2N8O3. The lowest BCUT2D eigenvalue weighted by molar-refractivity contribution is -0.127. The van der Waals surface area contributed by atoms with E-state index in [4.69, 9.17) is 9.84 Å². The molecule has 3 heterocycles. The average Bonchev–Trinajstić information content (AvgIpc) is 3.71. The Morgan fingerprint density at radius 2 is 2.02 bits per heavy atom. The number of likely N-dealkylation sites (tertiary alicyclic amines) is 1. The predicted molar refractivity (Wildman–Crippen MR) is 163 cm³/mol. The molecular weight excluding hydrogens is 570 g/mol. The van der Waals surface area contributed by atoms with Gasteiger partial charge in [0.05, 0.1) is 12.8 Å². The van der Waals surface area contributed by atoms with Crippen molar-refractivity contribution in [3.8, 4) is 11.3 Å². The second-order valence-corrected chi connectivity index (χ2v) is 11.2. The molecule has 1 aliphatic heterocycles. The Morgan fingerprint density at radius 3 is 2.68 bits per heavy atom. The fourth-order valence-electron chi connectivity index (χ4n) is 5.92. The van der Waals surface area contributed by atoms with Crippen LogP contribution in [0.2, 0.25) is 0 Å². The van der Waals surface area contributed by atoms with Crippen molar-refractivity contribution in [2.45, 2.75) is 38.3 Å². The first-order chi connectivity index (χ1) is 21.2. The van der Waals surface area contributed by atoms with Crippen LogP contribution in [0.1, 0.15) is 24.0 Å². The molecule has 1 aliphatic carbocycles. The smallest absolute Gasteiger partial charge is 0.320 e. The van der Waals surface area contributed by atoms with Crippen molar-refractivity contribution >= 4 is 23.5 Å². The molecule has 44 heavy (non-hydrogen) atoms. The molecule has 0 radical (unpaired) electrons. The number of benzene rings is 1. The molecule has 3 atom stereocenters. The number of hydrogen-bond donors (Lipinski definition) is 3. The van der Waals surface area contributed by atoms with Gasteiger partial charge in [0.1, 0.15) is 17.6 Å². The van der Waals surface area contributed by atoms with Gasteiger partial charge in [-0.1, -0.05) is 18.2 Å². The summed E-state index contributed by atoms with van der Waals surface area (Å²) in [5.41, 5.74) is 3.86. The predicted octanol–water partition coefficient (Wildman–Crippen LogP) is 3.49. The highest BCUT2D eigenvalue weighted by atomic mass is 19.2. The standard InChI is InChI=1S/C31H38F2N8O3/c1-19-28(22-14-35-39(3)15-22)38-41(23-8-6-5-7-9-23)29(19)37-31(43)36-26-17-40(27(18-44-4)30(42)34-2)16-21(26)12-20-10-11-24(32)25(33)13-20/h5-6,8,10-11,13-15,21,26-27H,7,9,12,16-18H2,1-4H3,(H,34,42)(H2,36,37,43)/t21?,26-,27?/m1/s1. The molecule has 13 heteroatoms. The first-order valence-electron chi connectivity index (χ1n) is 14.6. The van der Waals surface area contributed by atoms with Crippen LogP contribution in [-0.2, 0) is 23.0 Å². The summed E-state index contributed by atoms with van der Waals surface area (Å²) in [6.07, 6.45) is 11.6. The van der Waals surface area contributed by atoms with E-state index in [0.29, 0.717) is 36.6 Å². The summed E-state index contributed by atoms with van der Waals surface area (Å²) in [7, 11) is 4.92. The van der Waals surface area contributed by atoms with Crippen LogP contribution < -0.4 is 16.0 Å². The number of allylic oxidation sites excluding steroid dienone is 4. The molecule has 0 spiro atoms. The summed E-state index contributed by atoms with van der Waals surface area (Å²) < 4.78 is 36.5. The summed E-state index contributed by atoms with van der Waals surface area (Å²) in [5.74, 6) is -1.71. The third-order valence-electron chi connectivity index (χ3n) is 8.18. The number of carbonyl (C=O) groups excluding carboxylic acids is 2. The minimum absolute atomic E-state index is 0.162. The van der Waals surface area contributed by atoms with Gasteiger partial charge in [-0.05, 0) is 55.9 Å². The Labute approximate surface area is 254 Å². The Balaban J connectivity index is 1.41. The molecule has 5 rings (SSSR count). The molecule has 0 saturated carbocycles. The second-order valence-electron chi connectivity index (χ2n) is 11.2. The first-order valence-corrected chi connectivity index (χ1v) is 14.6. The number of aryl methyl sites for hydroxylation is 1. The van der Waals surface area contributed by atoms with Gasteiger partial charge in [0.25, 0.3) is 0 Å². The van der Waals surface area contributed by atoms with Crippen LogP contribution in [0.5, 0.6) is 0 Å². The molecule has 3 aromatic rings. The van der Waals surface area contributed by atoms with Gasteiger partial charge in [-0.25, -0.2) is 18.3 Å². The summed E-state index contributed by atoms with van der Waals surface area (Å²) in [6, 6.07) is 2.39. The van der Waals surface area contributed by atoms with Crippen molar-refractivity contribution in [1.82, 2.24) is 35.1 Å². The molecule has 2 unspecified atom stereocenters. The summed E-state index contributed by atoms with van der Waals surface area (Å²) >= 11 is 0. The largest absolute Gasteiger partial charge is 0.383 e. The number of urea groups is 1. The molecule has 1 aromatic carbocycles. The summed E-state index contributed by atoms with van der Waals surface area (Å²) in [5, 5.41) is 17.9. The van der Waals surface area contributed by atoms with E-state index in [0.717, 1.165) is 35.7 Å². The Hall–Kier alpha value is -4.36. The van der Waals surface area contributed by atoms with Crippen molar-refractivity contribution in [1.29, 1.82) is 0 Å². The van der Waals surface area contributed by atoms with Gasteiger partial charge in [0, 0.05) is 63.4 Å². The van der Waals surface area contributed by atoms with Crippen LogP contribution in [-0.4, -0.2) is 82.3 Å². The first kappa shape index (κ1) is 31.1. The zero-order chi connectivity index (χ0) is 31.4. The number of rotatable bonds is 10. The molecule has 3 N–H and O–H groups in total. The Bertz CT molecular complexity index is 1580. The van der Waals surface area contributed by atoms with Gasteiger partial charge in [0.15, 0.2) is 11.6 Å². The van der Waals surface area contributed by atoms with Crippen LogP contribution >= 0.6 is 0 Å². The van der Waals surface area contributed by atoms with Crippen molar-refractivity contribution in [2.24, 2.45) is 13.0 Å². The number of likely N-dealkylation sites (N-methyl/N-ethyl adjacent to an activating group) is 1. The minimum Gasteiger partial charge on any atom is -0.383 e. The maximum absolute atomic E-state index is 14.1. The van der Waals surface area contributed by atoms with E-state index in [-0.39, 0.29) is 18.4 Å². The normalized spacial score (nSPS) is 19.1. The van der Waals surface area contributed by atoms with Crippen molar-refractivity contribution in [3.63, 3.8) is 0 Å². The molecule has 0 bridgehead atoms. The topological polar surface area (TPSA) is 118 Å². The van der Waals surface area contributed by atoms with Crippen LogP contribution in [0.15, 0.2) is 48.8 Å². The van der Waals surface area contributed by atoms with E-state index >= 15 is 0 Å². The monoisotopic (exact) mass is 608 g/mol. The number of nitrogens with one attached hydrogen (secondary N) is 3. The van der Waals surface area contributed by atoms with Crippen molar-refractivity contribution in [3.05, 3.63) is 71.6 Å². The summed E-state index contributed by atoms with van der Waals surface area (Å²) in [4.78, 5) is 28.3. The van der Waals surface area contributed by atoms with E-state index in [1.807, 2.05) is 37.2 Å². The average molecular weight is 609 g/mol. The number of halogens is 2. The number of anilines is 1. The van der Waals surface area contributed by atoms with Gasteiger partial charge in [0.2, 0.25) is 5.91 Å². The Morgan fingerprint density at radius 1 is 1.20 bits per heavy atom. The molecule has 1 saturated heterocycles. The minimum atomic E-state index is -0.928. The highest BCUT2D eigenvalue weighted by Gasteiger charge is 2.39. The lowest BCUT2D eigenvalue weighted by atomic mass is 9.95. The quantitative estimate of drug-likeness (QED) is 0.325. The number of methoxy groups -OCH3 is 1. The molecule has 234 valence electrons. The highest BCUT2D eigenvalue weighted by Crippen LogP contribution is 2.32. The van der Waals surface area contributed by atoms with Gasteiger partial charge in [-0.3, -0.25) is 19.7 Å². The van der Waals surface area contributed by atoms with Crippen molar-refractivity contribution < 1.29 is 23.1 Å². The van der Waals surface area contributed by atoms with E-state index in [1.165, 1.54) is 19.2 Å². The zero-order valence-corrected chi connectivity index (χ0v) is 25.3. The number of ether oxygens (including phenoxy) is 1. The molecule has 1 fully saturated rings. The number of amides is 3. The van der Waals surface area contributed by atoms with Gasteiger partial charge >= 0.3 is 6.03 Å². The van der Waals surface area contributed by atoms with Gasteiger partial charge in [-0.2, -0.15) is 10.2 Å². The second kappa shape index (κ2) is 13.5. The van der Waals surface area contributed by atoms with E-state index in [9.17, 15) is 18.4 Å². The Kier molecular flexibility index (Phi) is 9.55. The zero-order valence-electron chi connectivity index (χ0n) is 25.3. The fourth-order valence-corrected chi connectivity index (χ4v) is 5.92. The van der Waals surface area contributed by atoms with E-state index in [2.05, 4.69) is 27.1 Å². The van der Waals surface area contributed by atoms with Crippen LogP contribution in [0.25, 0.3) is 17.0 Å². The maximum Gasteiger partial charge on any atom is 0.320 e. The SMILES string of the molecule is CNC(=O)C(COC)N1CC(Cc2ccc(F)c(F)c2)[C@H](NC(=O)Nc2c(C)c(-c3cnn(C)c3)nn2C2=CC=CCC2)C1. The van der Waals surface area contributed by atoms with Crippen LogP contribution in [0.4, 0.5) is 19.4 Å². The number of hydrogen-bond acceptors (Lipinski definition) is 6. The van der Waals surface area contributed by atoms with Crippen LogP contribution in [0.3, 0.4) is 0 Å². The van der Waals surface area contributed by atoms with Crippen LogP contribution in [0, 0.1) is 24.5 Å². The molecule has 3 amide bonds. The molecule has 2 aromatic heterocycles. The lowest BCUT2D eigenvalue weighted by Gasteiger charge is -2.25. The van der Waals surface area contributed by atoms with Gasteiger partial charge < -0.3 is 15.4 Å². The summed E-state index contributed by atoms with van der Waals surface area (Å²) in [6.45, 7) is 2.86. The van der Waals surface area contributed by atoms with Gasteiger partial charge in [-0.15, -0.1) is 0 Å². The maximum atomic E-state index is 14.1. The third-order valence-corrected chi connectivity index (χ3v) is 8.18. The third kappa shape index (κ3) is 6.73. The molecule has 2 aliphatic rings. The molecule has 11 nitrogen and oxygen atoms in total. The van der Waals surface area contributed by atoms with E-state index < -0.39 is 29.7 Å². The number of nitrogens with zero attached hydrogens (tertiary/aromatic N) is 5. The number of aromatic nitrogens is 4. The highest BCUT2D eigenvalue weighted by molar-refractivity contribution is 5.91. The number of carbonyl (C=O) groups is 2. The van der Waals surface area contributed by atoms with E-state index in [1.54, 1.807) is 22.6 Å². The fraction of sp³-hybridized carbons (Fsp3) is 0.419.